The van der Waals surface area contributed by atoms with Crippen LogP contribution in [0.4, 0.5) is 0 Å². The van der Waals surface area contributed by atoms with E-state index in [1.165, 1.54) is 27.3 Å². The van der Waals surface area contributed by atoms with Crippen LogP contribution >= 0.6 is 0 Å². The van der Waals surface area contributed by atoms with Gasteiger partial charge < -0.3 is 14.4 Å². The fraction of sp³-hybridized carbons (Fsp3) is 0.571. The third-order valence-electron chi connectivity index (χ3n) is 2.11. The highest BCUT2D eigenvalue weighted by molar-refractivity contribution is 7.39. The van der Waals surface area contributed by atoms with Gasteiger partial charge in [-0.1, -0.05) is 0 Å². The van der Waals surface area contributed by atoms with Crippen molar-refractivity contribution in [2.45, 2.75) is 27.3 Å². The van der Waals surface area contributed by atoms with Crippen molar-refractivity contribution in [1.82, 2.24) is 0 Å². The third kappa shape index (κ3) is 2.21. The van der Waals surface area contributed by atoms with Crippen molar-refractivity contribution < 1.29 is 14.4 Å². The molecule has 0 aliphatic heterocycles. The second kappa shape index (κ2) is 4.46. The zero-order valence-corrected chi connectivity index (χ0v) is 9.72. The van der Waals surface area contributed by atoms with E-state index in [0.29, 0.717) is 0 Å². The van der Waals surface area contributed by atoms with Gasteiger partial charge in [-0.25, -0.2) is 0 Å². The highest BCUT2D eigenvalue weighted by Crippen LogP contribution is 2.06. The number of hydrogen-bond donors (Lipinski definition) is 0. The van der Waals surface area contributed by atoms with Crippen LogP contribution in [-0.2, 0) is 14.4 Å². The fourth-order valence-electron chi connectivity index (χ4n) is 0.744. The smallest absolute Gasteiger partial charge is 0.275 e. The average Bonchev–Trinajstić information content (AvgIpc) is 1.84. The Morgan fingerprint density at radius 1 is 0.833 bits per heavy atom. The Morgan fingerprint density at radius 2 is 1.00 bits per heavy atom. The van der Waals surface area contributed by atoms with E-state index in [4.69, 9.17) is 0 Å². The van der Waals surface area contributed by atoms with E-state index < -0.39 is 8.07 Å². The summed E-state index contributed by atoms with van der Waals surface area (Å²) in [6.07, 6.45) is 0. The van der Waals surface area contributed by atoms with Gasteiger partial charge in [0, 0.05) is 11.0 Å². The molecule has 12 heavy (non-hydrogen) atoms. The second-order valence-corrected chi connectivity index (χ2v) is 7.16. The molecule has 4 radical (unpaired) electrons. The van der Waals surface area contributed by atoms with Crippen LogP contribution in [0.5, 0.6) is 0 Å². The molecule has 0 aliphatic rings. The Balaban J connectivity index is 0. The monoisotopic (exact) mass is 200 g/mol. The van der Waals surface area contributed by atoms with Crippen LogP contribution in [0.2, 0.25) is 6.55 Å². The van der Waals surface area contributed by atoms with Crippen molar-refractivity contribution in [3.63, 3.8) is 0 Å². The van der Waals surface area contributed by atoms with Crippen LogP contribution in [0.1, 0.15) is 20.8 Å². The summed E-state index contributed by atoms with van der Waals surface area (Å²) in [4.78, 5) is 32.9. The maximum Gasteiger partial charge on any atom is 0.275 e. The summed E-state index contributed by atoms with van der Waals surface area (Å²) < 4.78 is 0. The molecule has 0 spiro atoms. The van der Waals surface area contributed by atoms with Crippen molar-refractivity contribution in [2.24, 2.45) is 0 Å². The summed E-state index contributed by atoms with van der Waals surface area (Å²) in [5.74, 6) is 0. The minimum absolute atomic E-state index is 0. The summed E-state index contributed by atoms with van der Waals surface area (Å²) in [5, 5.41) is -0.757. The van der Waals surface area contributed by atoms with Crippen molar-refractivity contribution in [3.05, 3.63) is 0 Å². The molecule has 0 unspecified atom stereocenters. The second-order valence-electron chi connectivity index (χ2n) is 2.79. The molecule has 0 heterocycles. The van der Waals surface area contributed by atoms with Crippen LogP contribution in [0, 0.1) is 0 Å². The molecular weight excluding hydrogens is 188 g/mol. The van der Waals surface area contributed by atoms with E-state index in [9.17, 15) is 14.4 Å². The third-order valence-corrected chi connectivity index (χ3v) is 6.34. The summed E-state index contributed by atoms with van der Waals surface area (Å²) in [5.41, 5.74) is 0. The SMILES string of the molecule is CC(=O)[Si](C)(C(C)=O)C(C)=O.[Si]. The molecule has 5 heteroatoms. The Kier molecular flexibility index (Phi) is 5.21. The average molecular weight is 200 g/mol. The molecule has 3 nitrogen and oxygen atoms in total. The Morgan fingerprint density at radius 3 is 1.00 bits per heavy atom. The standard InChI is InChI=1S/C7H12O3Si.Si/c1-5(8)11(4,6(2)9)7(3)10;/h1-4H3;. The van der Waals surface area contributed by atoms with Crippen LogP contribution in [0.3, 0.4) is 0 Å². The van der Waals surface area contributed by atoms with E-state index in [1.807, 2.05) is 0 Å². The maximum atomic E-state index is 11.0. The molecule has 0 saturated heterocycles. The van der Waals surface area contributed by atoms with Gasteiger partial charge in [0.15, 0.2) is 0 Å². The molecule has 0 bridgehead atoms. The first-order valence-corrected chi connectivity index (χ1v) is 5.86. The minimum Gasteiger partial charge on any atom is -0.305 e. The minimum atomic E-state index is -2.90. The molecule has 0 aromatic carbocycles. The number of hydrogen-bond acceptors (Lipinski definition) is 3. The molecule has 66 valence electrons. The predicted octanol–water partition coefficient (Wildman–Crippen LogP) is 0.0688. The zero-order valence-electron chi connectivity index (χ0n) is 7.72. The van der Waals surface area contributed by atoms with Gasteiger partial charge in [0.05, 0.1) is 0 Å². The van der Waals surface area contributed by atoms with Gasteiger partial charge >= 0.3 is 0 Å². The summed E-state index contributed by atoms with van der Waals surface area (Å²) in [6, 6.07) is 0. The van der Waals surface area contributed by atoms with Crippen LogP contribution < -0.4 is 0 Å². The number of rotatable bonds is 3. The van der Waals surface area contributed by atoms with Crippen molar-refractivity contribution >= 4 is 35.3 Å². The van der Waals surface area contributed by atoms with Crippen molar-refractivity contribution in [1.29, 1.82) is 0 Å². The normalized spacial score (nSPS) is 10.0. The lowest BCUT2D eigenvalue weighted by Gasteiger charge is -2.15. The van der Waals surface area contributed by atoms with Gasteiger partial charge in [-0.2, -0.15) is 0 Å². The van der Waals surface area contributed by atoms with E-state index in [1.54, 1.807) is 0 Å². The van der Waals surface area contributed by atoms with Gasteiger partial charge in [0.2, 0.25) is 0 Å². The largest absolute Gasteiger partial charge is 0.305 e. The predicted molar refractivity (Wildman–Crippen MR) is 49.4 cm³/mol. The molecule has 0 rings (SSSR count). The molecular formula is C7H12O3Si2. The molecule has 0 saturated carbocycles. The van der Waals surface area contributed by atoms with E-state index >= 15 is 0 Å². The Labute approximate surface area is 77.6 Å². The highest BCUT2D eigenvalue weighted by Gasteiger charge is 2.43. The molecule has 0 aromatic heterocycles. The first-order valence-electron chi connectivity index (χ1n) is 3.36. The van der Waals surface area contributed by atoms with Gasteiger partial charge in [-0.15, -0.1) is 0 Å². The maximum absolute atomic E-state index is 11.0. The molecule has 0 aromatic rings. The summed E-state index contributed by atoms with van der Waals surface area (Å²) >= 11 is 0. The fourth-order valence-corrected chi connectivity index (χ4v) is 2.23. The van der Waals surface area contributed by atoms with Crippen molar-refractivity contribution in [3.8, 4) is 0 Å². The topological polar surface area (TPSA) is 51.2 Å². The van der Waals surface area contributed by atoms with Gasteiger partial charge in [0.25, 0.3) is 8.07 Å². The van der Waals surface area contributed by atoms with Gasteiger partial charge in [0.1, 0.15) is 16.2 Å². The Bertz CT molecular complexity index is 187. The number of carbonyl (C=O) groups is 3. The lowest BCUT2D eigenvalue weighted by molar-refractivity contribution is -0.117. The van der Waals surface area contributed by atoms with E-state index in [2.05, 4.69) is 0 Å². The quantitative estimate of drug-likeness (QED) is 0.606. The zero-order chi connectivity index (χ0) is 9.23. The molecule has 0 atom stereocenters. The highest BCUT2D eigenvalue weighted by atomic mass is 28.3. The first-order chi connectivity index (χ1) is 4.83. The lowest BCUT2D eigenvalue weighted by Crippen LogP contribution is -2.53. The molecule has 0 aliphatic carbocycles. The van der Waals surface area contributed by atoms with Crippen molar-refractivity contribution in [2.75, 3.05) is 0 Å². The van der Waals surface area contributed by atoms with Crippen LogP contribution in [-0.4, -0.2) is 35.3 Å². The Hall–Kier alpha value is -0.556. The molecule has 0 amide bonds. The van der Waals surface area contributed by atoms with Gasteiger partial charge in [-0.3, -0.25) is 0 Å². The van der Waals surface area contributed by atoms with Gasteiger partial charge in [-0.05, 0) is 27.3 Å². The molecule has 0 fully saturated rings. The van der Waals surface area contributed by atoms with Crippen LogP contribution in [0.15, 0.2) is 0 Å². The lowest BCUT2D eigenvalue weighted by atomic mass is 10.9. The van der Waals surface area contributed by atoms with E-state index in [0.717, 1.165) is 0 Å². The molecule has 0 N–H and O–H groups in total. The summed E-state index contributed by atoms with van der Waals surface area (Å²) in [7, 11) is -2.90. The van der Waals surface area contributed by atoms with E-state index in [-0.39, 0.29) is 27.2 Å². The first kappa shape index (κ1) is 14.0. The summed E-state index contributed by atoms with van der Waals surface area (Å²) in [6.45, 7) is 5.44. The number of carbonyl (C=O) groups excluding carboxylic acids is 3. The van der Waals surface area contributed by atoms with Crippen LogP contribution in [0.25, 0.3) is 0 Å².